The van der Waals surface area contributed by atoms with Crippen molar-refractivity contribution >= 4 is 27.5 Å². The van der Waals surface area contributed by atoms with Crippen LogP contribution in [0.2, 0.25) is 0 Å². The third-order valence-electron chi connectivity index (χ3n) is 5.88. The Labute approximate surface area is 192 Å². The molecule has 2 aromatic rings. The summed E-state index contributed by atoms with van der Waals surface area (Å²) in [5, 5.41) is 3.12. The molecular weight excluding hydrogens is 451 g/mol. The molecule has 0 bridgehead atoms. The Morgan fingerprint density at radius 3 is 2.69 bits per heavy atom. The molecule has 1 N–H and O–H groups in total. The Balaban J connectivity index is 1.47. The van der Waals surface area contributed by atoms with Crippen molar-refractivity contribution in [3.63, 3.8) is 0 Å². The molecule has 6 nitrogen and oxygen atoms in total. The minimum atomic E-state index is -3.07. The van der Waals surface area contributed by atoms with Crippen LogP contribution < -0.4 is 10.1 Å². The Morgan fingerprint density at radius 1 is 1.25 bits per heavy atom. The van der Waals surface area contributed by atoms with Crippen LogP contribution in [-0.2, 0) is 21.2 Å². The molecule has 0 radical (unpaired) electrons. The van der Waals surface area contributed by atoms with E-state index in [9.17, 15) is 17.6 Å². The van der Waals surface area contributed by atoms with E-state index in [0.717, 1.165) is 16.2 Å². The van der Waals surface area contributed by atoms with Crippen LogP contribution in [0.15, 0.2) is 53.4 Å². The molecule has 0 aliphatic carbocycles. The van der Waals surface area contributed by atoms with Gasteiger partial charge in [-0.25, -0.2) is 12.8 Å². The third kappa shape index (κ3) is 5.82. The second kappa shape index (κ2) is 9.80. The van der Waals surface area contributed by atoms with Crippen LogP contribution in [0, 0.1) is 5.82 Å². The summed E-state index contributed by atoms with van der Waals surface area (Å²) in [7, 11) is -1.45. The number of hydrogen-bond donors (Lipinski definition) is 1. The molecule has 2 aromatic carbocycles. The van der Waals surface area contributed by atoms with Gasteiger partial charge in [0, 0.05) is 29.3 Å². The summed E-state index contributed by atoms with van der Waals surface area (Å²) < 4.78 is 42.5. The monoisotopic (exact) mass is 478 g/mol. The number of hydrogen-bond acceptors (Lipinski definition) is 6. The number of likely N-dealkylation sites (tertiary alicyclic amines) is 1. The van der Waals surface area contributed by atoms with Crippen molar-refractivity contribution in [1.29, 1.82) is 0 Å². The maximum atomic E-state index is 13.7. The molecule has 2 saturated heterocycles. The summed E-state index contributed by atoms with van der Waals surface area (Å²) in [5.41, 5.74) is 0.807. The van der Waals surface area contributed by atoms with Crippen LogP contribution in [-0.4, -0.2) is 61.7 Å². The number of halogens is 1. The standard InChI is InChI=1S/C23H27FN2O4S2/c1-30-19-5-7-20(8-6-19)31-21-12-22(23(27)25-18-9-10-32(28,29)15-18)26(14-21)13-16-3-2-4-17(24)11-16/h2-8,11,18,21-22H,9-10,12-15H2,1H3,(H,25,27)/t18-,21-,22+/m1/s1. The van der Waals surface area contributed by atoms with E-state index in [2.05, 4.69) is 10.2 Å². The highest BCUT2D eigenvalue weighted by molar-refractivity contribution is 8.00. The zero-order valence-corrected chi connectivity index (χ0v) is 19.5. The number of sulfone groups is 1. The van der Waals surface area contributed by atoms with Crippen LogP contribution in [0.3, 0.4) is 0 Å². The van der Waals surface area contributed by atoms with E-state index in [-0.39, 0.29) is 34.5 Å². The Kier molecular flexibility index (Phi) is 7.07. The van der Waals surface area contributed by atoms with E-state index in [4.69, 9.17) is 4.74 Å². The first-order valence-corrected chi connectivity index (χ1v) is 13.3. The van der Waals surface area contributed by atoms with Crippen LogP contribution in [0.1, 0.15) is 18.4 Å². The van der Waals surface area contributed by atoms with E-state index in [1.54, 1.807) is 24.9 Å². The van der Waals surface area contributed by atoms with Gasteiger partial charge in [0.2, 0.25) is 5.91 Å². The maximum Gasteiger partial charge on any atom is 0.237 e. The summed E-state index contributed by atoms with van der Waals surface area (Å²) in [5.74, 6) is 0.451. The van der Waals surface area contributed by atoms with E-state index < -0.39 is 15.9 Å². The molecule has 2 fully saturated rings. The molecule has 2 heterocycles. The Hall–Kier alpha value is -2.10. The molecule has 0 spiro atoms. The summed E-state index contributed by atoms with van der Waals surface area (Å²) in [4.78, 5) is 16.3. The largest absolute Gasteiger partial charge is 0.497 e. The fourth-order valence-corrected chi connectivity index (χ4v) is 7.21. The first-order valence-electron chi connectivity index (χ1n) is 10.6. The van der Waals surface area contributed by atoms with Gasteiger partial charge < -0.3 is 10.1 Å². The molecule has 4 rings (SSSR count). The van der Waals surface area contributed by atoms with Gasteiger partial charge in [-0.2, -0.15) is 0 Å². The number of nitrogens with zero attached hydrogens (tertiary/aromatic N) is 1. The first kappa shape index (κ1) is 23.1. The lowest BCUT2D eigenvalue weighted by atomic mass is 10.1. The zero-order chi connectivity index (χ0) is 22.7. The van der Waals surface area contributed by atoms with Gasteiger partial charge >= 0.3 is 0 Å². The highest BCUT2D eigenvalue weighted by Gasteiger charge is 2.39. The molecular formula is C23H27FN2O4S2. The number of thioether (sulfide) groups is 1. The number of carbonyl (C=O) groups excluding carboxylic acids is 1. The topological polar surface area (TPSA) is 75.7 Å². The summed E-state index contributed by atoms with van der Waals surface area (Å²) >= 11 is 1.70. The molecule has 0 saturated carbocycles. The minimum absolute atomic E-state index is 0.000612. The van der Waals surface area contributed by atoms with Crippen molar-refractivity contribution in [2.75, 3.05) is 25.2 Å². The first-order chi connectivity index (χ1) is 15.3. The molecule has 32 heavy (non-hydrogen) atoms. The highest BCUT2D eigenvalue weighted by atomic mass is 32.2. The van der Waals surface area contributed by atoms with Crippen molar-refractivity contribution in [3.05, 3.63) is 59.9 Å². The number of carbonyl (C=O) groups is 1. The number of nitrogens with one attached hydrogen (secondary N) is 1. The molecule has 0 aromatic heterocycles. The van der Waals surface area contributed by atoms with Gasteiger partial charge in [0.1, 0.15) is 11.6 Å². The minimum Gasteiger partial charge on any atom is -0.497 e. The number of ether oxygens (including phenoxy) is 1. The average Bonchev–Trinajstić information content (AvgIpc) is 3.30. The van der Waals surface area contributed by atoms with Gasteiger partial charge in [-0.05, 0) is 54.8 Å². The summed E-state index contributed by atoms with van der Waals surface area (Å²) in [6.45, 7) is 1.13. The van der Waals surface area contributed by atoms with Gasteiger partial charge in [-0.15, -0.1) is 11.8 Å². The van der Waals surface area contributed by atoms with Crippen molar-refractivity contribution in [2.45, 2.75) is 41.6 Å². The lowest BCUT2D eigenvalue weighted by Gasteiger charge is -2.25. The average molecular weight is 479 g/mol. The highest BCUT2D eigenvalue weighted by Crippen LogP contribution is 2.34. The molecule has 2 aliphatic rings. The number of amides is 1. The predicted molar refractivity (Wildman–Crippen MR) is 123 cm³/mol. The lowest BCUT2D eigenvalue weighted by Crippen LogP contribution is -2.47. The SMILES string of the molecule is COc1ccc(S[C@@H]2C[C@@H](C(=O)N[C@@H]3CCS(=O)(=O)C3)N(Cc3cccc(F)c3)C2)cc1. The summed E-state index contributed by atoms with van der Waals surface area (Å²) in [6, 6.07) is 13.5. The quantitative estimate of drug-likeness (QED) is 0.660. The van der Waals surface area contributed by atoms with E-state index in [1.807, 2.05) is 30.3 Å². The molecule has 172 valence electrons. The smallest absolute Gasteiger partial charge is 0.237 e. The second-order valence-corrected chi connectivity index (χ2v) is 11.9. The maximum absolute atomic E-state index is 13.7. The van der Waals surface area contributed by atoms with E-state index in [0.29, 0.717) is 25.9 Å². The van der Waals surface area contributed by atoms with Crippen molar-refractivity contribution in [1.82, 2.24) is 10.2 Å². The van der Waals surface area contributed by atoms with Crippen LogP contribution in [0.25, 0.3) is 0 Å². The molecule has 3 atom stereocenters. The lowest BCUT2D eigenvalue weighted by molar-refractivity contribution is -0.126. The third-order valence-corrected chi connectivity index (χ3v) is 8.87. The molecule has 0 unspecified atom stereocenters. The fourth-order valence-electron chi connectivity index (χ4n) is 4.32. The summed E-state index contributed by atoms with van der Waals surface area (Å²) in [6.07, 6.45) is 1.09. The van der Waals surface area contributed by atoms with Crippen LogP contribution >= 0.6 is 11.8 Å². The molecule has 2 aliphatic heterocycles. The predicted octanol–water partition coefficient (Wildman–Crippen LogP) is 2.87. The van der Waals surface area contributed by atoms with Crippen LogP contribution in [0.5, 0.6) is 5.75 Å². The van der Waals surface area contributed by atoms with Crippen molar-refractivity contribution in [2.24, 2.45) is 0 Å². The number of rotatable bonds is 7. The molecule has 9 heteroatoms. The van der Waals surface area contributed by atoms with E-state index >= 15 is 0 Å². The fraction of sp³-hybridized carbons (Fsp3) is 0.435. The van der Waals surface area contributed by atoms with Gasteiger partial charge in [0.25, 0.3) is 0 Å². The van der Waals surface area contributed by atoms with Gasteiger partial charge in [-0.1, -0.05) is 12.1 Å². The van der Waals surface area contributed by atoms with Crippen molar-refractivity contribution in [3.8, 4) is 5.75 Å². The Bertz CT molecular complexity index is 1060. The molecule has 1 amide bonds. The van der Waals surface area contributed by atoms with E-state index in [1.165, 1.54) is 12.1 Å². The number of methoxy groups -OCH3 is 1. The second-order valence-electron chi connectivity index (χ2n) is 8.33. The van der Waals surface area contributed by atoms with Gasteiger partial charge in [-0.3, -0.25) is 9.69 Å². The van der Waals surface area contributed by atoms with Gasteiger partial charge in [0.15, 0.2) is 9.84 Å². The zero-order valence-electron chi connectivity index (χ0n) is 17.9. The van der Waals surface area contributed by atoms with Crippen LogP contribution in [0.4, 0.5) is 4.39 Å². The van der Waals surface area contributed by atoms with Gasteiger partial charge in [0.05, 0.1) is 24.7 Å². The number of benzene rings is 2. The normalized spacial score (nSPS) is 25.0. The van der Waals surface area contributed by atoms with Crippen molar-refractivity contribution < 1.29 is 22.3 Å². The Morgan fingerprint density at radius 2 is 2.03 bits per heavy atom.